The minimum Gasteiger partial charge on any atom is -0.335 e. The van der Waals surface area contributed by atoms with Crippen molar-refractivity contribution in [3.05, 3.63) is 58.4 Å². The summed E-state index contributed by atoms with van der Waals surface area (Å²) in [6, 6.07) is 11.9. The zero-order valence-corrected chi connectivity index (χ0v) is 18.5. The van der Waals surface area contributed by atoms with Crippen LogP contribution in [0.15, 0.2) is 48.0 Å². The lowest BCUT2D eigenvalue weighted by Crippen LogP contribution is -2.50. The van der Waals surface area contributed by atoms with E-state index in [-0.39, 0.29) is 11.8 Å². The molecule has 3 heterocycles. The number of anilines is 1. The molecule has 1 N–H and O–H groups in total. The fraction of sp³-hybridized carbons (Fsp3) is 0.318. The number of aromatic nitrogens is 1. The van der Waals surface area contributed by atoms with Gasteiger partial charge in [0.05, 0.1) is 17.6 Å². The van der Waals surface area contributed by atoms with Gasteiger partial charge in [-0.3, -0.25) is 14.5 Å². The van der Waals surface area contributed by atoms with E-state index in [4.69, 9.17) is 0 Å². The van der Waals surface area contributed by atoms with Crippen molar-refractivity contribution in [2.75, 3.05) is 38.0 Å². The van der Waals surface area contributed by atoms with Crippen molar-refractivity contribution in [1.82, 2.24) is 14.8 Å². The van der Waals surface area contributed by atoms with Crippen molar-refractivity contribution in [2.45, 2.75) is 13.3 Å². The van der Waals surface area contributed by atoms with Gasteiger partial charge in [-0.2, -0.15) is 0 Å². The number of thiophene rings is 1. The Balaban J connectivity index is 1.28. The van der Waals surface area contributed by atoms with Crippen LogP contribution in [0, 0.1) is 0 Å². The number of carbonyl (C=O) groups is 2. The van der Waals surface area contributed by atoms with Crippen LogP contribution < -0.4 is 5.32 Å². The van der Waals surface area contributed by atoms with Crippen molar-refractivity contribution >= 4 is 40.2 Å². The van der Waals surface area contributed by atoms with Crippen molar-refractivity contribution in [3.8, 4) is 9.88 Å². The second-order valence-corrected chi connectivity index (χ2v) is 9.11. The molecular formula is C22H24N4O2S2. The van der Waals surface area contributed by atoms with Crippen LogP contribution in [0.5, 0.6) is 0 Å². The van der Waals surface area contributed by atoms with Gasteiger partial charge in [-0.25, -0.2) is 4.98 Å². The number of benzene rings is 1. The number of aryl methyl sites for hydroxylation is 1. The van der Waals surface area contributed by atoms with Crippen molar-refractivity contribution in [1.29, 1.82) is 0 Å². The summed E-state index contributed by atoms with van der Waals surface area (Å²) in [7, 11) is 0. The number of hydrogen-bond donors (Lipinski definition) is 1. The Bertz CT molecular complexity index is 1010. The zero-order valence-electron chi connectivity index (χ0n) is 16.8. The molecule has 1 aliphatic heterocycles. The molecule has 3 aromatic rings. The summed E-state index contributed by atoms with van der Waals surface area (Å²) in [4.78, 5) is 35.4. The molecule has 30 heavy (non-hydrogen) atoms. The smallest absolute Gasteiger partial charge is 0.265 e. The van der Waals surface area contributed by atoms with Gasteiger partial charge >= 0.3 is 0 Å². The molecule has 0 aliphatic carbocycles. The molecule has 0 atom stereocenters. The lowest BCUT2D eigenvalue weighted by atomic mass is 10.1. The molecule has 1 aromatic carbocycles. The van der Waals surface area contributed by atoms with Crippen LogP contribution in [-0.2, 0) is 11.2 Å². The second kappa shape index (κ2) is 9.51. The molecule has 0 radical (unpaired) electrons. The maximum Gasteiger partial charge on any atom is 0.265 e. The Labute approximate surface area is 184 Å². The molecular weight excluding hydrogens is 416 g/mol. The minimum absolute atomic E-state index is 0.0151. The Hall–Kier alpha value is -2.55. The van der Waals surface area contributed by atoms with Crippen LogP contribution in [0.3, 0.4) is 0 Å². The molecule has 4 rings (SSSR count). The number of para-hydroxylation sites is 1. The third kappa shape index (κ3) is 4.77. The Kier molecular flexibility index (Phi) is 6.56. The van der Waals surface area contributed by atoms with Gasteiger partial charge in [0.2, 0.25) is 5.91 Å². The third-order valence-electron chi connectivity index (χ3n) is 5.15. The van der Waals surface area contributed by atoms with Gasteiger partial charge in [0.1, 0.15) is 9.88 Å². The largest absolute Gasteiger partial charge is 0.335 e. The van der Waals surface area contributed by atoms with Gasteiger partial charge in [-0.1, -0.05) is 31.2 Å². The quantitative estimate of drug-likeness (QED) is 0.633. The number of carbonyl (C=O) groups excluding carboxylic acids is 2. The normalized spacial score (nSPS) is 14.6. The molecule has 0 unspecified atom stereocenters. The Morgan fingerprint density at radius 1 is 1.10 bits per heavy atom. The van der Waals surface area contributed by atoms with E-state index in [0.717, 1.165) is 27.6 Å². The fourth-order valence-corrected chi connectivity index (χ4v) is 5.18. The monoisotopic (exact) mass is 440 g/mol. The van der Waals surface area contributed by atoms with E-state index < -0.39 is 0 Å². The van der Waals surface area contributed by atoms with Crippen LogP contribution in [0.25, 0.3) is 9.88 Å². The lowest BCUT2D eigenvalue weighted by molar-refractivity contribution is -0.117. The van der Waals surface area contributed by atoms with Crippen LogP contribution >= 0.6 is 22.7 Å². The minimum atomic E-state index is -0.0151. The molecule has 6 nitrogen and oxygen atoms in total. The van der Waals surface area contributed by atoms with Gasteiger partial charge < -0.3 is 10.2 Å². The van der Waals surface area contributed by atoms with Crippen molar-refractivity contribution in [3.63, 3.8) is 0 Å². The average molecular weight is 441 g/mol. The van der Waals surface area contributed by atoms with E-state index in [1.165, 1.54) is 11.3 Å². The number of amides is 2. The molecule has 8 heteroatoms. The van der Waals surface area contributed by atoms with E-state index in [0.29, 0.717) is 37.6 Å². The van der Waals surface area contributed by atoms with E-state index in [2.05, 4.69) is 22.1 Å². The summed E-state index contributed by atoms with van der Waals surface area (Å²) in [6.07, 6.45) is 2.55. The van der Waals surface area contributed by atoms with Crippen molar-refractivity contribution in [2.24, 2.45) is 0 Å². The number of nitrogens with zero attached hydrogens (tertiary/aromatic N) is 3. The highest BCUT2D eigenvalue weighted by Gasteiger charge is 2.25. The highest BCUT2D eigenvalue weighted by molar-refractivity contribution is 7.21. The predicted octanol–water partition coefficient (Wildman–Crippen LogP) is 3.83. The Morgan fingerprint density at radius 2 is 1.90 bits per heavy atom. The first kappa shape index (κ1) is 20.7. The van der Waals surface area contributed by atoms with Gasteiger partial charge in [0, 0.05) is 31.9 Å². The molecule has 0 saturated carbocycles. The van der Waals surface area contributed by atoms with Crippen LogP contribution in [0.2, 0.25) is 0 Å². The van der Waals surface area contributed by atoms with E-state index in [9.17, 15) is 9.59 Å². The SMILES string of the molecule is CCc1ccccc1NC(=O)CN1CCN(C(=O)c2cnc(-c3cccs3)s2)CC1. The molecule has 2 aromatic heterocycles. The highest BCUT2D eigenvalue weighted by atomic mass is 32.1. The topological polar surface area (TPSA) is 65.5 Å². The van der Waals surface area contributed by atoms with Gasteiger partial charge in [0.25, 0.3) is 5.91 Å². The molecule has 0 bridgehead atoms. The van der Waals surface area contributed by atoms with Crippen LogP contribution in [0.4, 0.5) is 5.69 Å². The van der Waals surface area contributed by atoms with E-state index in [1.54, 1.807) is 17.5 Å². The van der Waals surface area contributed by atoms with Gasteiger partial charge in [0.15, 0.2) is 0 Å². The summed E-state index contributed by atoms with van der Waals surface area (Å²) in [5, 5.41) is 5.91. The highest BCUT2D eigenvalue weighted by Crippen LogP contribution is 2.29. The molecule has 156 valence electrons. The molecule has 0 spiro atoms. The first-order valence-electron chi connectivity index (χ1n) is 10.0. The Morgan fingerprint density at radius 3 is 2.63 bits per heavy atom. The third-order valence-corrected chi connectivity index (χ3v) is 7.17. The molecule has 1 fully saturated rings. The molecule has 1 saturated heterocycles. The van der Waals surface area contributed by atoms with E-state index >= 15 is 0 Å². The number of nitrogens with one attached hydrogen (secondary N) is 1. The van der Waals surface area contributed by atoms with Crippen molar-refractivity contribution < 1.29 is 9.59 Å². The summed E-state index contributed by atoms with van der Waals surface area (Å²) in [5.74, 6) is 0.00926. The summed E-state index contributed by atoms with van der Waals surface area (Å²) in [5.41, 5.74) is 2.01. The van der Waals surface area contributed by atoms with Gasteiger partial charge in [-0.15, -0.1) is 22.7 Å². The summed E-state index contributed by atoms with van der Waals surface area (Å²) >= 11 is 3.06. The molecule has 1 aliphatic rings. The average Bonchev–Trinajstić information content (AvgIpc) is 3.46. The second-order valence-electron chi connectivity index (χ2n) is 7.13. The zero-order chi connectivity index (χ0) is 20.9. The first-order valence-corrected chi connectivity index (χ1v) is 11.7. The lowest BCUT2D eigenvalue weighted by Gasteiger charge is -2.34. The van der Waals surface area contributed by atoms with Crippen LogP contribution in [0.1, 0.15) is 22.2 Å². The van der Waals surface area contributed by atoms with Gasteiger partial charge in [-0.05, 0) is 29.5 Å². The number of rotatable bonds is 6. The number of hydrogen-bond acceptors (Lipinski definition) is 6. The van der Waals surface area contributed by atoms with Crippen LogP contribution in [-0.4, -0.2) is 59.3 Å². The molecule has 2 amide bonds. The maximum atomic E-state index is 12.8. The number of piperazine rings is 1. The predicted molar refractivity (Wildman–Crippen MR) is 122 cm³/mol. The summed E-state index contributed by atoms with van der Waals surface area (Å²) < 4.78 is 0. The fourth-order valence-electron chi connectivity index (χ4n) is 3.50. The maximum absolute atomic E-state index is 12.8. The standard InChI is InChI=1S/C22H24N4O2S2/c1-2-16-6-3-4-7-17(16)24-20(27)15-25-9-11-26(12-10-25)22(28)19-14-23-21(30-19)18-8-5-13-29-18/h3-8,13-14H,2,9-12,15H2,1H3,(H,24,27). The van der Waals surface area contributed by atoms with E-state index in [1.807, 2.05) is 46.7 Å². The summed E-state index contributed by atoms with van der Waals surface area (Å²) in [6.45, 7) is 5.01. The number of thiazole rings is 1. The first-order chi connectivity index (χ1) is 14.6.